The van der Waals surface area contributed by atoms with Crippen LogP contribution in [0.1, 0.15) is 11.1 Å². The predicted octanol–water partition coefficient (Wildman–Crippen LogP) is 3.60. The lowest BCUT2D eigenvalue weighted by molar-refractivity contribution is 0.115. The quantitative estimate of drug-likeness (QED) is 0.880. The number of hydrogen-bond donors (Lipinski definition) is 2. The van der Waals surface area contributed by atoms with Crippen LogP contribution in [0.5, 0.6) is 0 Å². The average molecular weight is 329 g/mol. The summed E-state index contributed by atoms with van der Waals surface area (Å²) in [6.07, 6.45) is 0.118. The first kappa shape index (κ1) is 16.2. The van der Waals surface area contributed by atoms with Crippen molar-refractivity contribution in [1.82, 2.24) is 0 Å². The molecule has 0 aliphatic carbocycles. The molecule has 0 spiro atoms. The van der Waals surface area contributed by atoms with E-state index < -0.39 is 11.2 Å². The third-order valence-electron chi connectivity index (χ3n) is 3.60. The maximum Gasteiger partial charge on any atom is 0.145 e. The van der Waals surface area contributed by atoms with Crippen molar-refractivity contribution < 1.29 is 14.6 Å². The summed E-state index contributed by atoms with van der Waals surface area (Å²) in [4.78, 5) is 0. The van der Waals surface area contributed by atoms with Crippen LogP contribution >= 0.6 is 23.2 Å². The van der Waals surface area contributed by atoms with Crippen molar-refractivity contribution >= 4 is 23.2 Å². The summed E-state index contributed by atoms with van der Waals surface area (Å²) < 4.78 is 14.1. The van der Waals surface area contributed by atoms with Gasteiger partial charge in [0, 0.05) is 10.4 Å². The van der Waals surface area contributed by atoms with Gasteiger partial charge in [-0.3, -0.25) is 0 Å². The molecule has 0 atom stereocenters. The zero-order chi connectivity index (χ0) is 15.5. The summed E-state index contributed by atoms with van der Waals surface area (Å²) in [6.45, 7) is -0.675. The van der Waals surface area contributed by atoms with Gasteiger partial charge in [0.25, 0.3) is 0 Å². The normalized spacial score (nSPS) is 11.7. The fourth-order valence-corrected chi connectivity index (χ4v) is 2.70. The molecule has 0 radical (unpaired) electrons. The van der Waals surface area contributed by atoms with Gasteiger partial charge in [-0.05, 0) is 35.7 Å². The highest BCUT2D eigenvalue weighted by molar-refractivity contribution is 6.31. The third kappa shape index (κ3) is 3.38. The van der Waals surface area contributed by atoms with Crippen LogP contribution in [0.4, 0.5) is 4.39 Å². The Hall–Kier alpha value is -1.13. The van der Waals surface area contributed by atoms with E-state index >= 15 is 0 Å². The minimum atomic E-state index is -1.02. The second kappa shape index (κ2) is 6.75. The number of aliphatic hydroxyl groups excluding tert-OH is 2. The fourth-order valence-electron chi connectivity index (χ4n) is 2.31. The van der Waals surface area contributed by atoms with Gasteiger partial charge < -0.3 is 10.2 Å². The second-order valence-electron chi connectivity index (χ2n) is 5.00. The molecule has 2 aromatic carbocycles. The van der Waals surface area contributed by atoms with Crippen LogP contribution < -0.4 is 0 Å². The summed E-state index contributed by atoms with van der Waals surface area (Å²) >= 11 is 11.7. The Morgan fingerprint density at radius 2 is 1.67 bits per heavy atom. The Bertz CT molecular complexity index is 627. The first-order valence-corrected chi connectivity index (χ1v) is 7.18. The lowest BCUT2D eigenvalue weighted by Crippen LogP contribution is -2.37. The highest BCUT2D eigenvalue weighted by atomic mass is 35.5. The first-order valence-electron chi connectivity index (χ1n) is 6.43. The van der Waals surface area contributed by atoms with Crippen LogP contribution in [0.2, 0.25) is 10.0 Å². The zero-order valence-corrected chi connectivity index (χ0v) is 12.7. The van der Waals surface area contributed by atoms with Gasteiger partial charge in [-0.25, -0.2) is 4.39 Å². The van der Waals surface area contributed by atoms with Crippen molar-refractivity contribution in [2.24, 2.45) is 0 Å². The van der Waals surface area contributed by atoms with Crippen LogP contribution in [-0.2, 0) is 11.8 Å². The summed E-state index contributed by atoms with van der Waals surface area (Å²) in [6, 6.07) is 11.5. The van der Waals surface area contributed by atoms with Crippen LogP contribution in [-0.4, -0.2) is 23.4 Å². The van der Waals surface area contributed by atoms with Crippen molar-refractivity contribution in [1.29, 1.82) is 0 Å². The summed E-state index contributed by atoms with van der Waals surface area (Å²) in [7, 11) is 0. The van der Waals surface area contributed by atoms with Crippen molar-refractivity contribution in [2.45, 2.75) is 11.8 Å². The molecular formula is C16H15Cl2FO2. The van der Waals surface area contributed by atoms with Crippen LogP contribution in [0.15, 0.2) is 42.5 Å². The second-order valence-corrected chi connectivity index (χ2v) is 5.84. The molecule has 21 heavy (non-hydrogen) atoms. The zero-order valence-electron chi connectivity index (χ0n) is 11.2. The fraction of sp³-hybridized carbons (Fsp3) is 0.250. The Balaban J connectivity index is 2.45. The van der Waals surface area contributed by atoms with Crippen molar-refractivity contribution in [2.75, 3.05) is 13.2 Å². The van der Waals surface area contributed by atoms with E-state index in [4.69, 9.17) is 23.2 Å². The Labute approximate surface area is 132 Å². The molecule has 0 heterocycles. The lowest BCUT2D eigenvalue weighted by Gasteiger charge is -2.31. The molecule has 0 saturated carbocycles. The van der Waals surface area contributed by atoms with E-state index in [1.165, 1.54) is 6.07 Å². The molecule has 0 amide bonds. The molecule has 0 bridgehead atoms. The molecule has 2 aromatic rings. The van der Waals surface area contributed by atoms with E-state index in [1.807, 2.05) is 0 Å². The van der Waals surface area contributed by atoms with Gasteiger partial charge in [0.1, 0.15) is 5.82 Å². The van der Waals surface area contributed by atoms with E-state index in [9.17, 15) is 14.6 Å². The number of halogens is 3. The van der Waals surface area contributed by atoms with Gasteiger partial charge >= 0.3 is 0 Å². The number of aliphatic hydroxyl groups is 2. The maximum absolute atomic E-state index is 14.1. The van der Waals surface area contributed by atoms with Crippen LogP contribution in [0.3, 0.4) is 0 Å². The Morgan fingerprint density at radius 1 is 1.00 bits per heavy atom. The van der Waals surface area contributed by atoms with Crippen molar-refractivity contribution in [3.05, 3.63) is 69.5 Å². The maximum atomic E-state index is 14.1. The van der Waals surface area contributed by atoms with E-state index in [2.05, 4.69) is 0 Å². The highest BCUT2D eigenvalue weighted by Gasteiger charge is 2.32. The molecule has 2 rings (SSSR count). The largest absolute Gasteiger partial charge is 0.395 e. The van der Waals surface area contributed by atoms with Gasteiger partial charge in [-0.1, -0.05) is 47.5 Å². The predicted molar refractivity (Wildman–Crippen MR) is 82.4 cm³/mol. The number of benzene rings is 2. The van der Waals surface area contributed by atoms with Gasteiger partial charge in [-0.15, -0.1) is 0 Å². The summed E-state index contributed by atoms with van der Waals surface area (Å²) in [5, 5.41) is 20.1. The van der Waals surface area contributed by atoms with Crippen molar-refractivity contribution in [3.8, 4) is 0 Å². The van der Waals surface area contributed by atoms with E-state index in [-0.39, 0.29) is 24.7 Å². The molecule has 0 saturated heterocycles. The molecule has 0 aliphatic rings. The van der Waals surface area contributed by atoms with Crippen LogP contribution in [0, 0.1) is 5.82 Å². The molecule has 0 aromatic heterocycles. The number of hydrogen-bond acceptors (Lipinski definition) is 2. The lowest BCUT2D eigenvalue weighted by atomic mass is 9.76. The monoisotopic (exact) mass is 328 g/mol. The van der Waals surface area contributed by atoms with Gasteiger partial charge in [0.15, 0.2) is 0 Å². The number of rotatable bonds is 5. The minimum absolute atomic E-state index is 0.0170. The first-order chi connectivity index (χ1) is 10.0. The summed E-state index contributed by atoms with van der Waals surface area (Å²) in [5.41, 5.74) is -0.0267. The molecule has 2 nitrogen and oxygen atoms in total. The van der Waals surface area contributed by atoms with Gasteiger partial charge in [0.2, 0.25) is 0 Å². The highest BCUT2D eigenvalue weighted by Crippen LogP contribution is 2.31. The Kier molecular flexibility index (Phi) is 5.22. The standard InChI is InChI=1S/C16H15Cl2FO2/c17-13-5-2-4-12(7-13)16(9-20,10-21)8-11-3-1-6-14(18)15(11)19/h1-7,20-21H,8-10H2. The molecule has 5 heteroatoms. The third-order valence-corrected chi connectivity index (χ3v) is 4.13. The van der Waals surface area contributed by atoms with E-state index in [1.54, 1.807) is 36.4 Å². The molecule has 0 aliphatic heterocycles. The molecule has 0 unspecified atom stereocenters. The van der Waals surface area contributed by atoms with E-state index in [0.29, 0.717) is 16.1 Å². The van der Waals surface area contributed by atoms with E-state index in [0.717, 1.165) is 0 Å². The van der Waals surface area contributed by atoms with Crippen molar-refractivity contribution in [3.63, 3.8) is 0 Å². The van der Waals surface area contributed by atoms with Gasteiger partial charge in [-0.2, -0.15) is 0 Å². The molecule has 2 N–H and O–H groups in total. The minimum Gasteiger partial charge on any atom is -0.395 e. The molecule has 112 valence electrons. The SMILES string of the molecule is OCC(CO)(Cc1cccc(Cl)c1F)c1cccc(Cl)c1. The smallest absolute Gasteiger partial charge is 0.145 e. The molecular weight excluding hydrogens is 314 g/mol. The topological polar surface area (TPSA) is 40.5 Å². The summed E-state index contributed by atoms with van der Waals surface area (Å²) in [5.74, 6) is -0.535. The van der Waals surface area contributed by atoms with Crippen LogP contribution in [0.25, 0.3) is 0 Å². The average Bonchev–Trinajstić information content (AvgIpc) is 2.49. The molecule has 0 fully saturated rings. The Morgan fingerprint density at radius 3 is 2.29 bits per heavy atom. The van der Waals surface area contributed by atoms with Gasteiger partial charge in [0.05, 0.1) is 18.2 Å².